The van der Waals surface area contributed by atoms with E-state index in [0.717, 1.165) is 36.8 Å². The fourth-order valence-electron chi connectivity index (χ4n) is 4.24. The van der Waals surface area contributed by atoms with Crippen molar-refractivity contribution < 1.29 is 0 Å². The molecule has 0 radical (unpaired) electrons. The Bertz CT molecular complexity index is 1180. The normalized spacial score (nSPS) is 12.9. The molecule has 144 valence electrons. The molecule has 0 unspecified atom stereocenters. The molecular formula is C24H23N5. The SMILES string of the molecule is CCN(c1ncnc(N2CCc3ccccc32)c1N)c1cccc2ccccc12. The van der Waals surface area contributed by atoms with Crippen molar-refractivity contribution in [1.82, 2.24) is 9.97 Å². The maximum atomic E-state index is 6.67. The van der Waals surface area contributed by atoms with E-state index in [0.29, 0.717) is 5.69 Å². The molecule has 5 rings (SSSR count). The van der Waals surface area contributed by atoms with E-state index < -0.39 is 0 Å². The van der Waals surface area contributed by atoms with E-state index in [4.69, 9.17) is 5.73 Å². The van der Waals surface area contributed by atoms with Crippen LogP contribution in [0, 0.1) is 0 Å². The number of fused-ring (bicyclic) bond motifs is 2. The molecular weight excluding hydrogens is 358 g/mol. The van der Waals surface area contributed by atoms with Gasteiger partial charge in [0.15, 0.2) is 11.6 Å². The highest BCUT2D eigenvalue weighted by atomic mass is 15.3. The van der Waals surface area contributed by atoms with Gasteiger partial charge in [-0.05, 0) is 36.4 Å². The Hall–Kier alpha value is -3.60. The second kappa shape index (κ2) is 7.09. The van der Waals surface area contributed by atoms with Crippen LogP contribution in [0.2, 0.25) is 0 Å². The number of para-hydroxylation sites is 1. The van der Waals surface area contributed by atoms with Crippen LogP contribution in [-0.4, -0.2) is 23.1 Å². The van der Waals surface area contributed by atoms with E-state index in [1.54, 1.807) is 6.33 Å². The Morgan fingerprint density at radius 3 is 2.66 bits per heavy atom. The third-order valence-electron chi connectivity index (χ3n) is 5.61. The number of rotatable bonds is 4. The third-order valence-corrected chi connectivity index (χ3v) is 5.61. The number of nitrogens with two attached hydrogens (primary N) is 1. The van der Waals surface area contributed by atoms with Gasteiger partial charge in [-0.25, -0.2) is 9.97 Å². The molecule has 0 spiro atoms. The van der Waals surface area contributed by atoms with Crippen molar-refractivity contribution in [1.29, 1.82) is 0 Å². The fraction of sp³-hybridized carbons (Fsp3) is 0.167. The summed E-state index contributed by atoms with van der Waals surface area (Å²) in [6.07, 6.45) is 2.62. The Morgan fingerprint density at radius 2 is 1.76 bits per heavy atom. The second-order valence-corrected chi connectivity index (χ2v) is 7.21. The lowest BCUT2D eigenvalue weighted by atomic mass is 10.1. The standard InChI is InChI=1S/C24H23N5/c1-2-28(21-13-7-10-17-8-3-5-11-19(17)21)23-22(25)24(27-16-26-23)29-15-14-18-9-4-6-12-20(18)29/h3-13,16H,2,14-15,25H2,1H3. The highest BCUT2D eigenvalue weighted by molar-refractivity contribution is 5.97. The van der Waals surface area contributed by atoms with Gasteiger partial charge in [-0.1, -0.05) is 54.6 Å². The monoisotopic (exact) mass is 381 g/mol. The number of hydrogen-bond acceptors (Lipinski definition) is 5. The summed E-state index contributed by atoms with van der Waals surface area (Å²) in [6.45, 7) is 3.75. The van der Waals surface area contributed by atoms with Crippen molar-refractivity contribution in [3.8, 4) is 0 Å². The number of nitrogen functional groups attached to an aromatic ring is 1. The zero-order chi connectivity index (χ0) is 19.8. The Kier molecular flexibility index (Phi) is 4.28. The first-order valence-corrected chi connectivity index (χ1v) is 9.99. The zero-order valence-electron chi connectivity index (χ0n) is 16.4. The number of benzene rings is 3. The number of nitrogens with zero attached hydrogens (tertiary/aromatic N) is 4. The minimum Gasteiger partial charge on any atom is -0.393 e. The molecule has 0 amide bonds. The molecule has 5 heteroatoms. The van der Waals surface area contributed by atoms with Crippen LogP contribution in [0.4, 0.5) is 28.7 Å². The molecule has 0 fully saturated rings. The van der Waals surface area contributed by atoms with Crippen LogP contribution in [0.15, 0.2) is 73.1 Å². The first kappa shape index (κ1) is 17.5. The second-order valence-electron chi connectivity index (χ2n) is 7.21. The van der Waals surface area contributed by atoms with E-state index >= 15 is 0 Å². The molecule has 0 atom stereocenters. The first-order valence-electron chi connectivity index (χ1n) is 9.99. The summed E-state index contributed by atoms with van der Waals surface area (Å²) in [5.74, 6) is 1.52. The zero-order valence-corrected chi connectivity index (χ0v) is 16.4. The number of anilines is 5. The van der Waals surface area contributed by atoms with Gasteiger partial charge in [0.25, 0.3) is 0 Å². The van der Waals surface area contributed by atoms with Crippen LogP contribution >= 0.6 is 0 Å². The molecule has 0 saturated heterocycles. The van der Waals surface area contributed by atoms with Crippen LogP contribution in [0.1, 0.15) is 12.5 Å². The first-order chi connectivity index (χ1) is 14.3. The average molecular weight is 381 g/mol. The summed E-state index contributed by atoms with van der Waals surface area (Å²) in [7, 11) is 0. The van der Waals surface area contributed by atoms with E-state index in [1.807, 2.05) is 0 Å². The van der Waals surface area contributed by atoms with Crippen molar-refractivity contribution in [2.45, 2.75) is 13.3 Å². The lowest BCUT2D eigenvalue weighted by Crippen LogP contribution is -2.22. The third kappa shape index (κ3) is 2.86. The number of hydrogen-bond donors (Lipinski definition) is 1. The van der Waals surface area contributed by atoms with Crippen molar-refractivity contribution >= 4 is 39.5 Å². The highest BCUT2D eigenvalue weighted by Gasteiger charge is 2.25. The van der Waals surface area contributed by atoms with Crippen molar-refractivity contribution in [2.75, 3.05) is 28.6 Å². The van der Waals surface area contributed by atoms with Gasteiger partial charge in [-0.2, -0.15) is 0 Å². The van der Waals surface area contributed by atoms with Gasteiger partial charge in [0, 0.05) is 24.2 Å². The van der Waals surface area contributed by atoms with Crippen molar-refractivity contribution in [3.05, 3.63) is 78.6 Å². The maximum Gasteiger partial charge on any atom is 0.161 e. The lowest BCUT2D eigenvalue weighted by molar-refractivity contribution is 0.946. The molecule has 0 saturated carbocycles. The molecule has 1 aromatic heterocycles. The van der Waals surface area contributed by atoms with Gasteiger partial charge in [0.05, 0.1) is 5.69 Å². The summed E-state index contributed by atoms with van der Waals surface area (Å²) >= 11 is 0. The van der Waals surface area contributed by atoms with Crippen LogP contribution < -0.4 is 15.5 Å². The molecule has 0 aliphatic carbocycles. The average Bonchev–Trinajstić information content (AvgIpc) is 3.19. The summed E-state index contributed by atoms with van der Waals surface area (Å²) < 4.78 is 0. The van der Waals surface area contributed by atoms with E-state index in [9.17, 15) is 0 Å². The minimum atomic E-state index is 0.610. The molecule has 29 heavy (non-hydrogen) atoms. The molecule has 5 nitrogen and oxygen atoms in total. The summed E-state index contributed by atoms with van der Waals surface area (Å²) in [5, 5.41) is 2.38. The summed E-state index contributed by atoms with van der Waals surface area (Å²) in [4.78, 5) is 13.5. The van der Waals surface area contributed by atoms with Gasteiger partial charge >= 0.3 is 0 Å². The van der Waals surface area contributed by atoms with Gasteiger partial charge in [0.2, 0.25) is 0 Å². The quantitative estimate of drug-likeness (QED) is 0.535. The topological polar surface area (TPSA) is 58.3 Å². The molecule has 4 aromatic rings. The van der Waals surface area contributed by atoms with Gasteiger partial charge in [-0.3, -0.25) is 0 Å². The highest BCUT2D eigenvalue weighted by Crippen LogP contribution is 2.40. The van der Waals surface area contributed by atoms with Crippen LogP contribution in [0.5, 0.6) is 0 Å². The van der Waals surface area contributed by atoms with Crippen molar-refractivity contribution in [2.24, 2.45) is 0 Å². The summed E-state index contributed by atoms with van der Waals surface area (Å²) in [6, 6.07) is 23.2. The lowest BCUT2D eigenvalue weighted by Gasteiger charge is -2.27. The van der Waals surface area contributed by atoms with E-state index in [2.05, 4.69) is 93.4 Å². The molecule has 1 aliphatic rings. The Labute approximate surface area is 170 Å². The fourth-order valence-corrected chi connectivity index (χ4v) is 4.24. The molecule has 3 aromatic carbocycles. The Morgan fingerprint density at radius 1 is 0.966 bits per heavy atom. The maximum absolute atomic E-state index is 6.67. The molecule has 2 heterocycles. The minimum absolute atomic E-state index is 0.610. The largest absolute Gasteiger partial charge is 0.393 e. The van der Waals surface area contributed by atoms with E-state index in [1.165, 1.54) is 22.0 Å². The molecule has 0 bridgehead atoms. The predicted octanol–water partition coefficient (Wildman–Crippen LogP) is 5.06. The molecule has 1 aliphatic heterocycles. The smallest absolute Gasteiger partial charge is 0.161 e. The van der Waals surface area contributed by atoms with Gasteiger partial charge in [0.1, 0.15) is 12.0 Å². The van der Waals surface area contributed by atoms with Gasteiger partial charge < -0.3 is 15.5 Å². The van der Waals surface area contributed by atoms with Crippen LogP contribution in [-0.2, 0) is 6.42 Å². The van der Waals surface area contributed by atoms with Crippen LogP contribution in [0.3, 0.4) is 0 Å². The molecule has 2 N–H and O–H groups in total. The predicted molar refractivity (Wildman–Crippen MR) is 120 cm³/mol. The van der Waals surface area contributed by atoms with Gasteiger partial charge in [-0.15, -0.1) is 0 Å². The van der Waals surface area contributed by atoms with E-state index in [-0.39, 0.29) is 0 Å². The summed E-state index contributed by atoms with van der Waals surface area (Å²) in [5.41, 5.74) is 10.9. The van der Waals surface area contributed by atoms with Crippen molar-refractivity contribution in [3.63, 3.8) is 0 Å². The Balaban J connectivity index is 1.62. The number of aromatic nitrogens is 2. The van der Waals surface area contributed by atoms with Crippen LogP contribution in [0.25, 0.3) is 10.8 Å².